The van der Waals surface area contributed by atoms with Crippen LogP contribution in [0.25, 0.3) is 0 Å². The molecule has 3 aliphatic rings. The number of carbonyl (C=O) groups excluding carboxylic acids is 4. The van der Waals surface area contributed by atoms with Crippen LogP contribution in [0.5, 0.6) is 0 Å². The average Bonchev–Trinajstić information content (AvgIpc) is 3.99. The number of carbonyl (C=O) groups is 4. The Bertz CT molecular complexity index is 2630. The third kappa shape index (κ3) is 8.72. The van der Waals surface area contributed by atoms with Crippen LogP contribution in [0.3, 0.4) is 0 Å². The highest BCUT2D eigenvalue weighted by Gasteiger charge is 2.55. The van der Waals surface area contributed by atoms with Gasteiger partial charge in [-0.3, -0.25) is 24.1 Å². The number of nitrogens with zero attached hydrogens (tertiary/aromatic N) is 4. The summed E-state index contributed by atoms with van der Waals surface area (Å²) in [5.74, 6) is -1.88. The molecular weight excluding hydrogens is 893 g/mol. The first kappa shape index (κ1) is 44.5. The van der Waals surface area contributed by atoms with Gasteiger partial charge in [0.05, 0.1) is 18.9 Å². The van der Waals surface area contributed by atoms with Gasteiger partial charge in [0.25, 0.3) is 17.7 Å². The highest BCUT2D eigenvalue weighted by Crippen LogP contribution is 2.47. The van der Waals surface area contributed by atoms with Gasteiger partial charge in [-0.05, 0) is 34.2 Å². The molecule has 3 amide bonds. The molecule has 16 heteroatoms. The van der Waals surface area contributed by atoms with Crippen molar-refractivity contribution >= 4 is 69.4 Å². The zero-order valence-electron chi connectivity index (χ0n) is 35.8. The number of amides is 3. The van der Waals surface area contributed by atoms with Crippen LogP contribution in [-0.2, 0) is 39.1 Å². The van der Waals surface area contributed by atoms with Crippen molar-refractivity contribution < 1.29 is 33.6 Å². The van der Waals surface area contributed by atoms with E-state index in [0.29, 0.717) is 23.0 Å². The minimum atomic E-state index is -1.03. The van der Waals surface area contributed by atoms with Gasteiger partial charge in [-0.2, -0.15) is 0 Å². The number of esters is 1. The standard InChI is InChI=1S/C50H44N6O7S3/c1-61-54-40(37-30-65-49(51-37)53-50(34-22-12-5-13-23-34,35-24-14-6-15-25-35)36-26-16-7-17-27-36)44(57)52-41-46(59)56-42(39(31-64-47(41)56)66-38-28-29-55(62-2)45(38)58)48(60)63-43(32-18-8-3-9-19-32)33-20-10-4-11-21-33/h3-27,30,38,41,43,47H,28-29,31H2,1-2H3,(H,51,53)(H,52,57)/b54-40-/t38?,41-,47-/m1/s1. The summed E-state index contributed by atoms with van der Waals surface area (Å²) in [6, 6.07) is 47.9. The zero-order valence-corrected chi connectivity index (χ0v) is 38.3. The van der Waals surface area contributed by atoms with Crippen molar-refractivity contribution in [1.82, 2.24) is 20.3 Å². The number of β-lactam (4-membered cyclic amide) rings is 1. The number of ether oxygens (including phenoxy) is 1. The van der Waals surface area contributed by atoms with E-state index in [0.717, 1.165) is 27.8 Å². The van der Waals surface area contributed by atoms with Gasteiger partial charge >= 0.3 is 5.97 Å². The fourth-order valence-electron chi connectivity index (χ4n) is 8.40. The van der Waals surface area contributed by atoms with Crippen LogP contribution < -0.4 is 10.6 Å². The maximum atomic E-state index is 14.6. The molecule has 3 aliphatic heterocycles. The van der Waals surface area contributed by atoms with E-state index in [1.807, 2.05) is 115 Å². The number of hydroxylamine groups is 2. The van der Waals surface area contributed by atoms with E-state index in [4.69, 9.17) is 19.4 Å². The van der Waals surface area contributed by atoms with Crippen LogP contribution in [0.2, 0.25) is 0 Å². The number of fused-ring (bicyclic) bond motifs is 1. The largest absolute Gasteiger partial charge is 0.448 e. The van der Waals surface area contributed by atoms with Crippen LogP contribution >= 0.6 is 34.9 Å². The lowest BCUT2D eigenvalue weighted by Crippen LogP contribution is -2.71. The zero-order chi connectivity index (χ0) is 45.6. The highest BCUT2D eigenvalue weighted by molar-refractivity contribution is 8.07. The summed E-state index contributed by atoms with van der Waals surface area (Å²) in [5.41, 5.74) is 3.66. The molecule has 2 N–H and O–H groups in total. The Hall–Kier alpha value is -6.72. The lowest BCUT2D eigenvalue weighted by molar-refractivity contribution is -0.166. The first-order valence-electron chi connectivity index (χ1n) is 21.1. The van der Waals surface area contributed by atoms with Gasteiger partial charge < -0.3 is 20.2 Å². The minimum Gasteiger partial charge on any atom is -0.448 e. The first-order valence-corrected chi connectivity index (χ1v) is 23.9. The Balaban J connectivity index is 0.988. The van der Waals surface area contributed by atoms with Crippen LogP contribution in [0, 0.1) is 0 Å². The molecule has 0 saturated carbocycles. The van der Waals surface area contributed by atoms with Crippen molar-refractivity contribution in [3.05, 3.63) is 201 Å². The molecular formula is C50H44N6O7S3. The van der Waals surface area contributed by atoms with Gasteiger partial charge in [-0.15, -0.1) is 34.9 Å². The van der Waals surface area contributed by atoms with Crippen LogP contribution in [0.1, 0.15) is 46.0 Å². The molecule has 3 atom stereocenters. The summed E-state index contributed by atoms with van der Waals surface area (Å²) < 4.78 is 6.32. The van der Waals surface area contributed by atoms with Crippen LogP contribution in [-0.4, -0.2) is 87.5 Å². The molecule has 6 aromatic rings. The lowest BCUT2D eigenvalue weighted by atomic mass is 9.77. The second-order valence-electron chi connectivity index (χ2n) is 15.4. The molecule has 13 nitrogen and oxygen atoms in total. The number of hydrogen-bond donors (Lipinski definition) is 2. The Labute approximate surface area is 394 Å². The number of thiazole rings is 1. The van der Waals surface area contributed by atoms with E-state index >= 15 is 0 Å². The lowest BCUT2D eigenvalue weighted by Gasteiger charge is -2.49. The van der Waals surface area contributed by atoms with Gasteiger partial charge in [0, 0.05) is 16.0 Å². The topological polar surface area (TPSA) is 152 Å². The normalized spacial score (nSPS) is 18.5. The quantitative estimate of drug-likeness (QED) is 0.0323. The van der Waals surface area contributed by atoms with Gasteiger partial charge in [0.1, 0.15) is 35.5 Å². The fourth-order valence-corrected chi connectivity index (χ4v) is 11.9. The van der Waals surface area contributed by atoms with Gasteiger partial charge in [0.2, 0.25) is 0 Å². The first-order chi connectivity index (χ1) is 32.3. The van der Waals surface area contributed by atoms with E-state index in [9.17, 15) is 19.2 Å². The number of hydrogen-bond acceptors (Lipinski definition) is 13. The maximum Gasteiger partial charge on any atom is 0.356 e. The van der Waals surface area contributed by atoms with Crippen LogP contribution in [0.4, 0.5) is 5.13 Å². The van der Waals surface area contributed by atoms with Crippen molar-refractivity contribution in [2.45, 2.75) is 34.7 Å². The number of thioether (sulfide) groups is 2. The molecule has 9 rings (SSSR count). The third-order valence-corrected chi connectivity index (χ3v) is 15.1. The fraction of sp³-hybridized carbons (Fsp3) is 0.200. The molecule has 2 fully saturated rings. The average molecular weight is 937 g/mol. The molecule has 0 bridgehead atoms. The van der Waals surface area contributed by atoms with Gasteiger partial charge in [0.15, 0.2) is 16.9 Å². The summed E-state index contributed by atoms with van der Waals surface area (Å²) in [4.78, 5) is 73.6. The van der Waals surface area contributed by atoms with Gasteiger partial charge in [-0.1, -0.05) is 157 Å². The van der Waals surface area contributed by atoms with E-state index in [2.05, 4.69) is 52.2 Å². The van der Waals surface area contributed by atoms with Crippen molar-refractivity contribution in [2.75, 3.05) is 31.8 Å². The Morgan fingerprint density at radius 1 is 0.788 bits per heavy atom. The molecule has 1 aromatic heterocycles. The number of rotatable bonds is 16. The summed E-state index contributed by atoms with van der Waals surface area (Å²) in [5, 5.41) is 13.0. The number of nitrogens with one attached hydrogen (secondary N) is 2. The molecule has 1 unspecified atom stereocenters. The van der Waals surface area contributed by atoms with Crippen molar-refractivity contribution in [2.24, 2.45) is 5.16 Å². The number of anilines is 1. The monoisotopic (exact) mass is 936 g/mol. The second kappa shape index (κ2) is 19.8. The summed E-state index contributed by atoms with van der Waals surface area (Å²) in [6.45, 7) is 0.395. The van der Waals surface area contributed by atoms with Crippen LogP contribution in [0.15, 0.2) is 173 Å². The van der Waals surface area contributed by atoms with E-state index in [-0.39, 0.29) is 28.8 Å². The SMILES string of the molecule is CO/N=C(\C(=O)N[C@@H]1C(=O)N2C(C(=O)OC(c3ccccc3)c3ccccc3)=C(SC3CCN(OC)C3=O)CS[C@H]12)c1csc(NC(c2ccccc2)(c2ccccc2)c2ccccc2)n1. The van der Waals surface area contributed by atoms with E-state index in [1.165, 1.54) is 59.0 Å². The van der Waals surface area contributed by atoms with Crippen molar-refractivity contribution in [3.8, 4) is 0 Å². The summed E-state index contributed by atoms with van der Waals surface area (Å²) in [6.07, 6.45) is -0.305. The molecule has 0 aliphatic carbocycles. The molecule has 66 heavy (non-hydrogen) atoms. The predicted octanol–water partition coefficient (Wildman–Crippen LogP) is 7.74. The summed E-state index contributed by atoms with van der Waals surface area (Å²) in [7, 11) is 2.77. The molecule has 0 spiro atoms. The smallest absolute Gasteiger partial charge is 0.356 e. The molecule has 334 valence electrons. The summed E-state index contributed by atoms with van der Waals surface area (Å²) >= 11 is 3.91. The van der Waals surface area contributed by atoms with Gasteiger partial charge in [-0.25, -0.2) is 14.8 Å². The number of oxime groups is 1. The second-order valence-corrected chi connectivity index (χ2v) is 18.7. The van der Waals surface area contributed by atoms with E-state index in [1.54, 1.807) is 5.38 Å². The molecule has 5 aromatic carbocycles. The Kier molecular flexibility index (Phi) is 13.3. The molecule has 0 radical (unpaired) electrons. The van der Waals surface area contributed by atoms with Crippen molar-refractivity contribution in [1.29, 1.82) is 0 Å². The molecule has 4 heterocycles. The maximum absolute atomic E-state index is 14.6. The van der Waals surface area contributed by atoms with E-state index < -0.39 is 46.1 Å². The number of aromatic nitrogens is 1. The third-order valence-electron chi connectivity index (χ3n) is 11.5. The Morgan fingerprint density at radius 2 is 1.33 bits per heavy atom. The predicted molar refractivity (Wildman–Crippen MR) is 256 cm³/mol. The number of benzene rings is 5. The highest BCUT2D eigenvalue weighted by atomic mass is 32.2. The Morgan fingerprint density at radius 3 is 1.85 bits per heavy atom. The molecule has 2 saturated heterocycles. The van der Waals surface area contributed by atoms with Crippen molar-refractivity contribution in [3.63, 3.8) is 0 Å². The minimum absolute atomic E-state index is 0.0412.